The van der Waals surface area contributed by atoms with Gasteiger partial charge in [0, 0.05) is 61.5 Å². The normalized spacial score (nSPS) is 18.9. The molecule has 0 aliphatic carbocycles. The smallest absolute Gasteiger partial charge is 0.257 e. The average molecular weight is 539 g/mol. The summed E-state index contributed by atoms with van der Waals surface area (Å²) < 4.78 is 13.0. The summed E-state index contributed by atoms with van der Waals surface area (Å²) >= 11 is 0. The molecule has 1 aliphatic rings. The molecule has 4 aromatic rings. The van der Waals surface area contributed by atoms with E-state index < -0.39 is 6.29 Å². The number of aliphatic hydroxyl groups is 1. The Bertz CT molecular complexity index is 1370. The van der Waals surface area contributed by atoms with Crippen molar-refractivity contribution in [3.05, 3.63) is 125 Å². The van der Waals surface area contributed by atoms with Crippen LogP contribution in [-0.2, 0) is 22.5 Å². The van der Waals surface area contributed by atoms with Crippen molar-refractivity contribution in [1.29, 1.82) is 0 Å². The lowest BCUT2D eigenvalue weighted by Crippen LogP contribution is -2.38. The van der Waals surface area contributed by atoms with Crippen molar-refractivity contribution in [2.24, 2.45) is 0 Å². The summed E-state index contributed by atoms with van der Waals surface area (Å²) in [6.07, 6.45) is 5.67. The van der Waals surface area contributed by atoms with Crippen LogP contribution in [0, 0.1) is 0 Å². The van der Waals surface area contributed by atoms with Gasteiger partial charge in [-0.25, -0.2) is 0 Å². The molecular weight excluding hydrogens is 504 g/mol. The van der Waals surface area contributed by atoms with Gasteiger partial charge in [-0.2, -0.15) is 0 Å². The van der Waals surface area contributed by atoms with Gasteiger partial charge in [0.15, 0.2) is 6.29 Å². The van der Waals surface area contributed by atoms with Gasteiger partial charge in [0.1, 0.15) is 0 Å². The molecule has 8 nitrogen and oxygen atoms in total. The van der Waals surface area contributed by atoms with Gasteiger partial charge >= 0.3 is 0 Å². The van der Waals surface area contributed by atoms with Crippen molar-refractivity contribution < 1.29 is 19.4 Å². The van der Waals surface area contributed by atoms with Gasteiger partial charge in [0.25, 0.3) is 5.91 Å². The Hall–Kier alpha value is -3.95. The number of hydrogen-bond donors (Lipinski definition) is 2. The van der Waals surface area contributed by atoms with Crippen LogP contribution in [0.25, 0.3) is 0 Å². The van der Waals surface area contributed by atoms with Crippen molar-refractivity contribution in [3.63, 3.8) is 0 Å². The Labute approximate surface area is 234 Å². The molecular formula is C32H34N4O4. The highest BCUT2D eigenvalue weighted by molar-refractivity contribution is 6.04. The summed E-state index contributed by atoms with van der Waals surface area (Å²) in [5.41, 5.74) is 4.91. The molecule has 0 spiro atoms. The van der Waals surface area contributed by atoms with Crippen LogP contribution in [0.5, 0.6) is 0 Å². The minimum absolute atomic E-state index is 0.00120. The molecule has 2 aromatic carbocycles. The minimum Gasteiger partial charge on any atom is -0.392 e. The lowest BCUT2D eigenvalue weighted by atomic mass is 9.99. The molecule has 5 rings (SSSR count). The average Bonchev–Trinajstić information content (AvgIpc) is 3.01. The molecule has 0 bridgehead atoms. The number of rotatable bonds is 10. The quantitative estimate of drug-likeness (QED) is 0.295. The summed E-state index contributed by atoms with van der Waals surface area (Å²) in [7, 11) is 2.09. The summed E-state index contributed by atoms with van der Waals surface area (Å²) in [6, 6.07) is 24.8. The van der Waals surface area contributed by atoms with Gasteiger partial charge in [-0.05, 0) is 54.6 Å². The van der Waals surface area contributed by atoms with E-state index >= 15 is 0 Å². The second-order valence-electron chi connectivity index (χ2n) is 10.0. The number of amides is 1. The highest BCUT2D eigenvalue weighted by Gasteiger charge is 2.33. The largest absolute Gasteiger partial charge is 0.392 e. The first kappa shape index (κ1) is 27.6. The molecule has 1 fully saturated rings. The number of hydrogen-bond acceptors (Lipinski definition) is 7. The van der Waals surface area contributed by atoms with Crippen molar-refractivity contribution in [1.82, 2.24) is 14.9 Å². The molecule has 0 saturated carbocycles. The molecule has 0 radical (unpaired) electrons. The van der Waals surface area contributed by atoms with Gasteiger partial charge < -0.3 is 24.8 Å². The van der Waals surface area contributed by atoms with E-state index in [4.69, 9.17) is 9.47 Å². The van der Waals surface area contributed by atoms with Crippen LogP contribution in [0.1, 0.15) is 51.6 Å². The van der Waals surface area contributed by atoms with E-state index in [2.05, 4.69) is 27.2 Å². The van der Waals surface area contributed by atoms with Crippen LogP contribution in [0.2, 0.25) is 0 Å². The Morgan fingerprint density at radius 2 is 1.88 bits per heavy atom. The molecule has 1 aliphatic heterocycles. The van der Waals surface area contributed by atoms with Gasteiger partial charge in [-0.1, -0.05) is 42.5 Å². The lowest BCUT2D eigenvalue weighted by molar-refractivity contribution is -0.252. The molecule has 206 valence electrons. The maximum absolute atomic E-state index is 12.7. The van der Waals surface area contributed by atoms with Gasteiger partial charge in [0.2, 0.25) is 0 Å². The summed E-state index contributed by atoms with van der Waals surface area (Å²) in [5, 5.41) is 12.4. The van der Waals surface area contributed by atoms with E-state index in [-0.39, 0.29) is 24.7 Å². The van der Waals surface area contributed by atoms with E-state index in [0.717, 1.165) is 41.9 Å². The fraction of sp³-hybridized carbons (Fsp3) is 0.281. The number of aliphatic hydroxyl groups excluding tert-OH is 1. The molecule has 1 amide bonds. The zero-order valence-electron chi connectivity index (χ0n) is 22.5. The number of anilines is 1. The van der Waals surface area contributed by atoms with Crippen LogP contribution >= 0.6 is 0 Å². The van der Waals surface area contributed by atoms with Crippen LogP contribution in [0.3, 0.4) is 0 Å². The second kappa shape index (κ2) is 13.4. The number of nitrogens with zero attached hydrogens (tertiary/aromatic N) is 3. The van der Waals surface area contributed by atoms with Crippen molar-refractivity contribution >= 4 is 11.6 Å². The Morgan fingerprint density at radius 3 is 2.62 bits per heavy atom. The zero-order chi connectivity index (χ0) is 27.7. The number of ether oxygens (including phenoxy) is 2. The highest BCUT2D eigenvalue weighted by atomic mass is 16.7. The predicted octanol–water partition coefficient (Wildman–Crippen LogP) is 4.94. The molecule has 2 aromatic heterocycles. The van der Waals surface area contributed by atoms with Crippen LogP contribution in [0.15, 0.2) is 97.5 Å². The van der Waals surface area contributed by atoms with Crippen molar-refractivity contribution in [3.8, 4) is 0 Å². The summed E-state index contributed by atoms with van der Waals surface area (Å²) in [6.45, 7) is 1.59. The Balaban J connectivity index is 1.31. The third-order valence-electron chi connectivity index (χ3n) is 6.95. The number of likely N-dealkylation sites (N-methyl/N-ethyl adjacent to an activating group) is 1. The first-order valence-electron chi connectivity index (χ1n) is 13.5. The molecule has 2 N–H and O–H groups in total. The molecule has 1 saturated heterocycles. The number of benzene rings is 2. The number of carbonyl (C=O) groups excluding carboxylic acids is 1. The Kier molecular flexibility index (Phi) is 9.26. The number of nitrogens with one attached hydrogen (secondary N) is 1. The first-order chi connectivity index (χ1) is 19.6. The summed E-state index contributed by atoms with van der Waals surface area (Å²) in [4.78, 5) is 23.4. The fourth-order valence-electron chi connectivity index (χ4n) is 4.79. The van der Waals surface area contributed by atoms with Crippen LogP contribution in [0.4, 0.5) is 5.69 Å². The van der Waals surface area contributed by atoms with E-state index in [1.54, 1.807) is 18.3 Å². The Morgan fingerprint density at radius 1 is 1.00 bits per heavy atom. The lowest BCUT2D eigenvalue weighted by Gasteiger charge is -2.38. The SMILES string of the molecule is CN(CCc1ccccn1)C[C@H]1C[C@@H](c2ccc(CO)cc2)O[C@@H](c2cccc(NC(=O)c3cccnc3)c2)O1. The third kappa shape index (κ3) is 7.37. The zero-order valence-corrected chi connectivity index (χ0v) is 22.5. The maximum Gasteiger partial charge on any atom is 0.257 e. The maximum atomic E-state index is 12.7. The van der Waals surface area contributed by atoms with Gasteiger partial charge in [-0.15, -0.1) is 0 Å². The van der Waals surface area contributed by atoms with Crippen LogP contribution < -0.4 is 5.32 Å². The molecule has 3 heterocycles. The standard InChI is InChI=1S/C32H34N4O4/c1-36(17-14-27-8-2-3-16-34-27)21-29-19-30(24-12-10-23(22-37)11-13-24)40-32(39-29)25-6-4-9-28(18-25)35-31(38)26-7-5-15-33-20-26/h2-13,15-16,18,20,29-30,32,37H,14,17,19,21-22H2,1H3,(H,35,38)/t29-,30+,32+/m1/s1. The van der Waals surface area contributed by atoms with Crippen LogP contribution in [-0.4, -0.2) is 52.1 Å². The first-order valence-corrected chi connectivity index (χ1v) is 13.5. The van der Waals surface area contributed by atoms with Crippen molar-refractivity contribution in [2.75, 3.05) is 25.5 Å². The monoisotopic (exact) mass is 538 g/mol. The molecule has 0 unspecified atom stereocenters. The molecule has 40 heavy (non-hydrogen) atoms. The minimum atomic E-state index is -0.610. The number of carbonyl (C=O) groups is 1. The van der Waals surface area contributed by atoms with Gasteiger partial charge in [0.05, 0.1) is 24.4 Å². The van der Waals surface area contributed by atoms with E-state index in [1.807, 2.05) is 72.9 Å². The summed E-state index contributed by atoms with van der Waals surface area (Å²) in [5.74, 6) is -0.231. The second-order valence-corrected chi connectivity index (χ2v) is 10.0. The van der Waals surface area contributed by atoms with Gasteiger partial charge in [-0.3, -0.25) is 14.8 Å². The highest BCUT2D eigenvalue weighted by Crippen LogP contribution is 2.38. The number of pyridine rings is 2. The van der Waals surface area contributed by atoms with Crippen molar-refractivity contribution in [2.45, 2.75) is 37.9 Å². The topological polar surface area (TPSA) is 96.8 Å². The fourth-order valence-corrected chi connectivity index (χ4v) is 4.79. The van der Waals surface area contributed by atoms with E-state index in [1.165, 1.54) is 6.20 Å². The number of aromatic nitrogens is 2. The van der Waals surface area contributed by atoms with E-state index in [9.17, 15) is 9.90 Å². The molecule has 8 heteroatoms. The predicted molar refractivity (Wildman–Crippen MR) is 152 cm³/mol. The molecule has 3 atom stereocenters. The van der Waals surface area contributed by atoms with E-state index in [0.29, 0.717) is 17.7 Å². The third-order valence-corrected chi connectivity index (χ3v) is 6.95.